The molecular weight excluding hydrogens is 316 g/mol. The Bertz CT molecular complexity index is 740. The van der Waals surface area contributed by atoms with Gasteiger partial charge >= 0.3 is 0 Å². The fourth-order valence-electron chi connectivity index (χ4n) is 2.47. The molecule has 2 aromatic carbocycles. The third kappa shape index (κ3) is 3.89. The molecule has 3 nitrogen and oxygen atoms in total. The molecule has 0 bridgehead atoms. The van der Waals surface area contributed by atoms with Gasteiger partial charge in [-0.2, -0.15) is 0 Å². The molecule has 0 fully saturated rings. The lowest BCUT2D eigenvalue weighted by Gasteiger charge is -2.02. The lowest BCUT2D eigenvalue weighted by molar-refractivity contribution is -0.116. The Morgan fingerprint density at radius 1 is 1.00 bits per heavy atom. The second-order valence-corrected chi connectivity index (χ2v) is 6.58. The monoisotopic (exact) mass is 336 g/mol. The third-order valence-corrected chi connectivity index (χ3v) is 4.73. The zero-order chi connectivity index (χ0) is 16.8. The van der Waals surface area contributed by atoms with E-state index in [1.165, 1.54) is 11.3 Å². The molecule has 0 unspecified atom stereocenters. The second kappa shape index (κ2) is 7.88. The van der Waals surface area contributed by atoms with Gasteiger partial charge in [-0.25, -0.2) is 4.98 Å². The zero-order valence-electron chi connectivity index (χ0n) is 13.7. The maximum absolute atomic E-state index is 12.0. The molecule has 1 N–H and O–H groups in total. The average molecular weight is 336 g/mol. The first kappa shape index (κ1) is 16.4. The van der Waals surface area contributed by atoms with Crippen LogP contribution in [-0.4, -0.2) is 10.9 Å². The molecule has 3 rings (SSSR count). The summed E-state index contributed by atoms with van der Waals surface area (Å²) in [5.41, 5.74) is 3.09. The lowest BCUT2D eigenvalue weighted by atomic mass is 10.1. The lowest BCUT2D eigenvalue weighted by Crippen LogP contribution is -2.10. The van der Waals surface area contributed by atoms with Gasteiger partial charge in [-0.1, -0.05) is 85.3 Å². The second-order valence-electron chi connectivity index (χ2n) is 5.58. The number of anilines is 1. The number of nitrogens with one attached hydrogen (secondary N) is 1. The number of aromatic nitrogens is 1. The van der Waals surface area contributed by atoms with Gasteiger partial charge in [0.2, 0.25) is 5.91 Å². The molecule has 0 atom stereocenters. The first-order chi connectivity index (χ1) is 11.8. The van der Waals surface area contributed by atoms with Crippen LogP contribution in [0.1, 0.15) is 26.2 Å². The molecule has 1 heterocycles. The third-order valence-electron chi connectivity index (χ3n) is 3.71. The van der Waals surface area contributed by atoms with Crippen LogP contribution in [-0.2, 0) is 4.79 Å². The van der Waals surface area contributed by atoms with Crippen LogP contribution in [0.25, 0.3) is 21.7 Å². The molecule has 0 aliphatic carbocycles. The van der Waals surface area contributed by atoms with Crippen molar-refractivity contribution in [2.75, 3.05) is 5.32 Å². The highest BCUT2D eigenvalue weighted by molar-refractivity contribution is 7.19. The van der Waals surface area contributed by atoms with Gasteiger partial charge in [-0.3, -0.25) is 4.79 Å². The molecule has 0 aliphatic rings. The summed E-state index contributed by atoms with van der Waals surface area (Å²) >= 11 is 1.53. The molecule has 0 spiro atoms. The van der Waals surface area contributed by atoms with Gasteiger partial charge in [0.25, 0.3) is 0 Å². The molecule has 122 valence electrons. The minimum absolute atomic E-state index is 0.0322. The van der Waals surface area contributed by atoms with E-state index in [-0.39, 0.29) is 5.91 Å². The topological polar surface area (TPSA) is 42.0 Å². The van der Waals surface area contributed by atoms with Crippen LogP contribution in [0.15, 0.2) is 60.7 Å². The van der Waals surface area contributed by atoms with Crippen molar-refractivity contribution >= 4 is 22.4 Å². The number of hydrogen-bond acceptors (Lipinski definition) is 3. The van der Waals surface area contributed by atoms with Crippen LogP contribution in [0.2, 0.25) is 0 Å². The van der Waals surface area contributed by atoms with Crippen LogP contribution >= 0.6 is 11.3 Å². The van der Waals surface area contributed by atoms with Gasteiger partial charge in [0.15, 0.2) is 5.13 Å². The first-order valence-corrected chi connectivity index (χ1v) is 9.01. The van der Waals surface area contributed by atoms with Crippen LogP contribution < -0.4 is 5.32 Å². The highest BCUT2D eigenvalue weighted by Gasteiger charge is 2.16. The van der Waals surface area contributed by atoms with Crippen molar-refractivity contribution in [3.63, 3.8) is 0 Å². The number of thiazole rings is 1. The van der Waals surface area contributed by atoms with E-state index in [0.717, 1.165) is 34.5 Å². The Labute approximate surface area is 146 Å². The summed E-state index contributed by atoms with van der Waals surface area (Å²) in [6.45, 7) is 2.08. The zero-order valence-corrected chi connectivity index (χ0v) is 14.5. The highest BCUT2D eigenvalue weighted by atomic mass is 32.1. The largest absolute Gasteiger partial charge is 0.302 e. The smallest absolute Gasteiger partial charge is 0.226 e. The Balaban J connectivity index is 1.96. The van der Waals surface area contributed by atoms with Crippen LogP contribution in [0.4, 0.5) is 5.13 Å². The van der Waals surface area contributed by atoms with Crippen molar-refractivity contribution in [2.45, 2.75) is 26.2 Å². The summed E-state index contributed by atoms with van der Waals surface area (Å²) in [5.74, 6) is 0.0322. The fraction of sp³-hybridized carbons (Fsp3) is 0.200. The van der Waals surface area contributed by atoms with E-state index in [0.29, 0.717) is 11.6 Å². The van der Waals surface area contributed by atoms with Crippen LogP contribution in [0, 0.1) is 0 Å². The van der Waals surface area contributed by atoms with Gasteiger partial charge in [-0.05, 0) is 12.0 Å². The van der Waals surface area contributed by atoms with E-state index >= 15 is 0 Å². The van der Waals surface area contributed by atoms with Crippen molar-refractivity contribution in [1.29, 1.82) is 0 Å². The van der Waals surface area contributed by atoms with E-state index in [4.69, 9.17) is 4.98 Å². The highest BCUT2D eigenvalue weighted by Crippen LogP contribution is 2.38. The summed E-state index contributed by atoms with van der Waals surface area (Å²) in [6.07, 6.45) is 2.45. The number of carbonyl (C=O) groups is 1. The molecule has 0 saturated heterocycles. The van der Waals surface area contributed by atoms with E-state index in [2.05, 4.69) is 24.4 Å². The predicted molar refractivity (Wildman–Crippen MR) is 101 cm³/mol. The number of carbonyl (C=O) groups excluding carboxylic acids is 1. The maximum Gasteiger partial charge on any atom is 0.226 e. The van der Waals surface area contributed by atoms with Crippen LogP contribution in [0.3, 0.4) is 0 Å². The first-order valence-electron chi connectivity index (χ1n) is 8.19. The molecule has 24 heavy (non-hydrogen) atoms. The van der Waals surface area contributed by atoms with Gasteiger partial charge in [0, 0.05) is 12.0 Å². The molecule has 1 aromatic heterocycles. The van der Waals surface area contributed by atoms with E-state index in [1.54, 1.807) is 0 Å². The average Bonchev–Trinajstić information content (AvgIpc) is 3.05. The van der Waals surface area contributed by atoms with Gasteiger partial charge < -0.3 is 5.32 Å². The molecule has 0 radical (unpaired) electrons. The molecule has 1 amide bonds. The summed E-state index contributed by atoms with van der Waals surface area (Å²) in [5, 5.41) is 3.61. The summed E-state index contributed by atoms with van der Waals surface area (Å²) in [6, 6.07) is 20.3. The van der Waals surface area contributed by atoms with Crippen molar-refractivity contribution in [1.82, 2.24) is 4.98 Å². The van der Waals surface area contributed by atoms with Gasteiger partial charge in [0.05, 0.1) is 10.6 Å². The number of benzene rings is 2. The van der Waals surface area contributed by atoms with Crippen molar-refractivity contribution in [2.24, 2.45) is 0 Å². The standard InChI is InChI=1S/C20H20N2OS/c1-2-3-14-17(23)21-20-22-18(15-10-6-4-7-11-15)19(24-20)16-12-8-5-9-13-16/h4-13H,2-3,14H2,1H3,(H,21,22,23). The summed E-state index contributed by atoms with van der Waals surface area (Å²) in [4.78, 5) is 17.8. The van der Waals surface area contributed by atoms with E-state index in [1.807, 2.05) is 48.5 Å². The number of rotatable bonds is 6. The number of unbranched alkanes of at least 4 members (excludes halogenated alkanes) is 1. The van der Waals surface area contributed by atoms with Crippen molar-refractivity contribution < 1.29 is 4.79 Å². The number of amides is 1. The quantitative estimate of drug-likeness (QED) is 0.636. The molecule has 0 saturated carbocycles. The normalized spacial score (nSPS) is 10.5. The fourth-order valence-corrected chi connectivity index (χ4v) is 3.48. The molecule has 3 aromatic rings. The van der Waals surface area contributed by atoms with Gasteiger partial charge in [0.1, 0.15) is 0 Å². The van der Waals surface area contributed by atoms with Crippen LogP contribution in [0.5, 0.6) is 0 Å². The molecule has 0 aliphatic heterocycles. The Morgan fingerprint density at radius 2 is 1.62 bits per heavy atom. The Hall–Kier alpha value is -2.46. The maximum atomic E-state index is 12.0. The van der Waals surface area contributed by atoms with Crippen molar-refractivity contribution in [3.8, 4) is 21.7 Å². The Kier molecular flexibility index (Phi) is 5.39. The van der Waals surface area contributed by atoms with E-state index < -0.39 is 0 Å². The Morgan fingerprint density at radius 3 is 2.25 bits per heavy atom. The molecular formula is C20H20N2OS. The number of hydrogen-bond donors (Lipinski definition) is 1. The van der Waals surface area contributed by atoms with Crippen molar-refractivity contribution in [3.05, 3.63) is 60.7 Å². The minimum Gasteiger partial charge on any atom is -0.302 e. The predicted octanol–water partition coefficient (Wildman–Crippen LogP) is 5.61. The van der Waals surface area contributed by atoms with E-state index in [9.17, 15) is 4.79 Å². The SMILES string of the molecule is CCCCC(=O)Nc1nc(-c2ccccc2)c(-c2ccccc2)s1. The summed E-state index contributed by atoms with van der Waals surface area (Å²) < 4.78 is 0. The van der Waals surface area contributed by atoms with Gasteiger partial charge in [-0.15, -0.1) is 0 Å². The minimum atomic E-state index is 0.0322. The number of nitrogens with zero attached hydrogens (tertiary/aromatic N) is 1. The summed E-state index contributed by atoms with van der Waals surface area (Å²) in [7, 11) is 0. The molecule has 4 heteroatoms.